The zero-order valence-electron chi connectivity index (χ0n) is 19.4. The maximum atomic E-state index is 12.7. The molecule has 0 aliphatic carbocycles. The van der Waals surface area contributed by atoms with E-state index in [4.69, 9.17) is 0 Å². The van der Waals surface area contributed by atoms with Gasteiger partial charge in [-0.05, 0) is 69.5 Å². The van der Waals surface area contributed by atoms with Crippen LogP contribution in [0.15, 0.2) is 59.6 Å². The van der Waals surface area contributed by atoms with Crippen LogP contribution >= 0.6 is 0 Å². The Kier molecular flexibility index (Phi) is 6.85. The highest BCUT2D eigenvalue weighted by Crippen LogP contribution is 2.24. The number of nitrogens with one attached hydrogen (secondary N) is 3. The predicted octanol–water partition coefficient (Wildman–Crippen LogP) is 5.47. The summed E-state index contributed by atoms with van der Waals surface area (Å²) in [5, 5.41) is 6.47. The van der Waals surface area contributed by atoms with Crippen molar-refractivity contribution in [2.24, 2.45) is 0 Å². The normalized spacial score (nSPS) is 12.1. The van der Waals surface area contributed by atoms with Crippen LogP contribution in [0.1, 0.15) is 51.7 Å². The molecule has 0 radical (unpaired) electrons. The number of benzene rings is 2. The van der Waals surface area contributed by atoms with Gasteiger partial charge in [0.25, 0.3) is 0 Å². The van der Waals surface area contributed by atoms with Crippen molar-refractivity contribution in [1.29, 1.82) is 0 Å². The largest absolute Gasteiger partial charge is 0.340 e. The minimum Gasteiger partial charge on any atom is -0.340 e. The molecule has 170 valence electrons. The summed E-state index contributed by atoms with van der Waals surface area (Å²) in [6.45, 7) is 11.6. The molecule has 3 aromatic rings. The third kappa shape index (κ3) is 6.27. The molecule has 3 rings (SSSR count). The molecule has 3 N–H and O–H groups in total. The summed E-state index contributed by atoms with van der Waals surface area (Å²) < 4.78 is 28.0. The van der Waals surface area contributed by atoms with E-state index in [1.807, 2.05) is 39.8 Å². The second-order valence-electron chi connectivity index (χ2n) is 9.14. The van der Waals surface area contributed by atoms with E-state index in [1.165, 1.54) is 5.56 Å². The molecule has 0 saturated carbocycles. The van der Waals surface area contributed by atoms with Gasteiger partial charge >= 0.3 is 0 Å². The number of nitrogens with zero attached hydrogens (tertiary/aromatic N) is 2. The Bertz CT molecular complexity index is 1200. The van der Waals surface area contributed by atoms with Crippen molar-refractivity contribution in [1.82, 2.24) is 14.7 Å². The molecule has 0 unspecified atom stereocenters. The summed E-state index contributed by atoms with van der Waals surface area (Å²) in [5.41, 5.74) is 3.03. The van der Waals surface area contributed by atoms with Gasteiger partial charge in [-0.3, -0.25) is 0 Å². The second-order valence-corrected chi connectivity index (χ2v) is 10.8. The van der Waals surface area contributed by atoms with E-state index in [2.05, 4.69) is 51.3 Å². The Morgan fingerprint density at radius 3 is 2.25 bits per heavy atom. The molecule has 32 heavy (non-hydrogen) atoms. The van der Waals surface area contributed by atoms with Gasteiger partial charge in [-0.2, -0.15) is 4.98 Å². The molecule has 2 aromatic carbocycles. The molecule has 7 nitrogen and oxygen atoms in total. The Morgan fingerprint density at radius 2 is 1.59 bits per heavy atom. The molecule has 0 bridgehead atoms. The van der Waals surface area contributed by atoms with Crippen molar-refractivity contribution in [2.75, 3.05) is 10.6 Å². The minimum atomic E-state index is -3.64. The van der Waals surface area contributed by atoms with Crippen LogP contribution in [0.25, 0.3) is 0 Å². The van der Waals surface area contributed by atoms with Gasteiger partial charge in [-0.15, -0.1) is 0 Å². The number of hydrogen-bond donors (Lipinski definition) is 3. The third-order valence-corrected chi connectivity index (χ3v) is 6.38. The topological polar surface area (TPSA) is 96.0 Å². The summed E-state index contributed by atoms with van der Waals surface area (Å²) in [4.78, 5) is 9.16. The van der Waals surface area contributed by atoms with Crippen molar-refractivity contribution in [3.63, 3.8) is 0 Å². The Balaban J connectivity index is 1.84. The van der Waals surface area contributed by atoms with Crippen LogP contribution in [0.3, 0.4) is 0 Å². The van der Waals surface area contributed by atoms with Crippen molar-refractivity contribution in [3.05, 3.63) is 65.9 Å². The lowest BCUT2D eigenvalue weighted by Crippen LogP contribution is -2.40. The van der Waals surface area contributed by atoms with Gasteiger partial charge in [-0.25, -0.2) is 18.1 Å². The predicted molar refractivity (Wildman–Crippen MR) is 130 cm³/mol. The van der Waals surface area contributed by atoms with Crippen LogP contribution < -0.4 is 15.4 Å². The summed E-state index contributed by atoms with van der Waals surface area (Å²) in [5.74, 6) is 1.47. The molecule has 0 aliphatic heterocycles. The number of aromatic nitrogens is 2. The van der Waals surface area contributed by atoms with Gasteiger partial charge in [0.2, 0.25) is 16.0 Å². The van der Waals surface area contributed by atoms with E-state index in [1.54, 1.807) is 30.5 Å². The Morgan fingerprint density at radius 1 is 0.938 bits per heavy atom. The molecule has 0 saturated heterocycles. The van der Waals surface area contributed by atoms with Crippen molar-refractivity contribution in [3.8, 4) is 0 Å². The molecule has 1 heterocycles. The molecule has 0 amide bonds. The average molecular weight is 454 g/mol. The molecule has 0 aliphatic rings. The Hall–Kier alpha value is -2.97. The van der Waals surface area contributed by atoms with Gasteiger partial charge in [0.1, 0.15) is 5.82 Å². The first-order valence-electron chi connectivity index (χ1n) is 10.5. The quantitative estimate of drug-likeness (QED) is 0.439. The fraction of sp³-hybridized carbons (Fsp3) is 0.333. The number of aryl methyl sites for hydroxylation is 1. The highest BCUT2D eigenvalue weighted by molar-refractivity contribution is 7.89. The molecule has 0 spiro atoms. The van der Waals surface area contributed by atoms with E-state index in [-0.39, 0.29) is 4.90 Å². The number of sulfonamides is 1. The van der Waals surface area contributed by atoms with Crippen LogP contribution in [0.5, 0.6) is 0 Å². The van der Waals surface area contributed by atoms with Crippen molar-refractivity contribution in [2.45, 2.75) is 57.9 Å². The first kappa shape index (κ1) is 23.7. The molecular weight excluding hydrogens is 422 g/mol. The zero-order valence-corrected chi connectivity index (χ0v) is 20.2. The van der Waals surface area contributed by atoms with Crippen molar-refractivity contribution < 1.29 is 8.42 Å². The van der Waals surface area contributed by atoms with E-state index < -0.39 is 15.6 Å². The highest BCUT2D eigenvalue weighted by Gasteiger charge is 2.22. The van der Waals surface area contributed by atoms with E-state index in [0.29, 0.717) is 23.4 Å². The maximum absolute atomic E-state index is 12.7. The zero-order chi connectivity index (χ0) is 23.5. The van der Waals surface area contributed by atoms with Gasteiger partial charge < -0.3 is 10.6 Å². The SMILES string of the molecule is Cc1cnc(Nc2cccc(C(C)C)c2)nc1Nc1cccc(S(=O)(=O)NC(C)(C)C)c1. The average Bonchev–Trinajstić information content (AvgIpc) is 2.69. The molecule has 8 heteroatoms. The fourth-order valence-electron chi connectivity index (χ4n) is 3.07. The van der Waals surface area contributed by atoms with Gasteiger partial charge in [0, 0.05) is 28.7 Å². The fourth-order valence-corrected chi connectivity index (χ4v) is 4.54. The molecule has 0 atom stereocenters. The first-order valence-corrected chi connectivity index (χ1v) is 12.0. The smallest absolute Gasteiger partial charge is 0.241 e. The third-order valence-electron chi connectivity index (χ3n) is 4.63. The van der Waals surface area contributed by atoms with Crippen LogP contribution in [0, 0.1) is 6.92 Å². The lowest BCUT2D eigenvalue weighted by molar-refractivity contribution is 0.491. The van der Waals surface area contributed by atoms with Crippen LogP contribution in [0.4, 0.5) is 23.1 Å². The van der Waals surface area contributed by atoms with E-state index in [0.717, 1.165) is 11.3 Å². The van der Waals surface area contributed by atoms with Crippen LogP contribution in [0.2, 0.25) is 0 Å². The second kappa shape index (κ2) is 9.26. The van der Waals surface area contributed by atoms with E-state index in [9.17, 15) is 8.42 Å². The molecule has 1 aromatic heterocycles. The summed E-state index contributed by atoms with van der Waals surface area (Å²) >= 11 is 0. The molecular formula is C24H31N5O2S. The van der Waals surface area contributed by atoms with Crippen LogP contribution in [-0.2, 0) is 10.0 Å². The number of anilines is 4. The summed E-state index contributed by atoms with van der Waals surface area (Å²) in [6.07, 6.45) is 1.73. The monoisotopic (exact) mass is 453 g/mol. The lowest BCUT2D eigenvalue weighted by atomic mass is 10.0. The number of hydrogen-bond acceptors (Lipinski definition) is 6. The highest BCUT2D eigenvalue weighted by atomic mass is 32.2. The first-order chi connectivity index (χ1) is 14.9. The van der Waals surface area contributed by atoms with Gasteiger partial charge in [0.05, 0.1) is 4.90 Å². The molecule has 0 fully saturated rings. The minimum absolute atomic E-state index is 0.188. The van der Waals surface area contributed by atoms with Gasteiger partial charge in [-0.1, -0.05) is 32.0 Å². The van der Waals surface area contributed by atoms with Crippen molar-refractivity contribution >= 4 is 33.2 Å². The van der Waals surface area contributed by atoms with Crippen LogP contribution in [-0.4, -0.2) is 23.9 Å². The lowest BCUT2D eigenvalue weighted by Gasteiger charge is -2.20. The Labute approximate surface area is 190 Å². The number of rotatable bonds is 7. The van der Waals surface area contributed by atoms with E-state index >= 15 is 0 Å². The summed E-state index contributed by atoms with van der Waals surface area (Å²) in [7, 11) is -3.64. The summed E-state index contributed by atoms with van der Waals surface area (Å²) in [6, 6.07) is 14.8. The maximum Gasteiger partial charge on any atom is 0.241 e. The van der Waals surface area contributed by atoms with Gasteiger partial charge in [0.15, 0.2) is 0 Å². The standard InChI is InChI=1S/C24H31N5O2S/c1-16(2)18-9-7-10-19(13-18)27-23-25-15-17(3)22(28-23)26-20-11-8-12-21(14-20)32(30,31)29-24(4,5)6/h7-16,29H,1-6H3,(H2,25,26,27,28).